The largest absolute Gasteiger partial charge is 0.446 e. The molecule has 2 aromatic carbocycles. The summed E-state index contributed by atoms with van der Waals surface area (Å²) < 4.78 is 18.9. The van der Waals surface area contributed by atoms with Crippen LogP contribution in [0.5, 0.6) is 0 Å². The van der Waals surface area contributed by atoms with Crippen LogP contribution in [-0.4, -0.2) is 9.97 Å². The summed E-state index contributed by atoms with van der Waals surface area (Å²) in [5.74, 6) is 1.24. The fourth-order valence-electron chi connectivity index (χ4n) is 2.70. The Labute approximate surface area is 132 Å². The molecule has 0 saturated carbocycles. The Balaban J connectivity index is 1.75. The van der Waals surface area contributed by atoms with Crippen molar-refractivity contribution in [2.75, 3.05) is 0 Å². The summed E-state index contributed by atoms with van der Waals surface area (Å²) in [6, 6.07) is 14.3. The van der Waals surface area contributed by atoms with Crippen molar-refractivity contribution in [3.8, 4) is 0 Å². The van der Waals surface area contributed by atoms with E-state index in [0.717, 1.165) is 27.9 Å². The molecule has 0 atom stereocenters. The average Bonchev–Trinajstić information content (AvgIpc) is 2.93. The molecule has 0 aliphatic rings. The molecule has 2 N–H and O–H groups in total. The van der Waals surface area contributed by atoms with Gasteiger partial charge in [0.25, 0.3) is 5.82 Å². The van der Waals surface area contributed by atoms with Crippen molar-refractivity contribution in [2.45, 2.75) is 13.5 Å². The molecule has 4 aromatic rings. The Morgan fingerprint density at radius 1 is 1.04 bits per heavy atom. The van der Waals surface area contributed by atoms with Crippen LogP contribution in [0, 0.1) is 12.7 Å². The van der Waals surface area contributed by atoms with E-state index in [-0.39, 0.29) is 5.82 Å². The van der Waals surface area contributed by atoms with Gasteiger partial charge >= 0.3 is 0 Å². The zero-order valence-corrected chi connectivity index (χ0v) is 12.6. The van der Waals surface area contributed by atoms with E-state index in [1.165, 1.54) is 12.1 Å². The van der Waals surface area contributed by atoms with Crippen molar-refractivity contribution >= 4 is 27.9 Å². The fraction of sp³-hybridized carbons (Fsp3) is 0.111. The van der Waals surface area contributed by atoms with Crippen molar-refractivity contribution in [3.05, 3.63) is 65.7 Å². The number of furan rings is 1. The van der Waals surface area contributed by atoms with E-state index in [2.05, 4.69) is 9.97 Å². The number of quaternary nitrogens is 1. The molecule has 4 rings (SSSR count). The molecular formula is C18H15FN3O+. The third-order valence-electron chi connectivity index (χ3n) is 3.80. The highest BCUT2D eigenvalue weighted by Crippen LogP contribution is 2.29. The van der Waals surface area contributed by atoms with E-state index < -0.39 is 0 Å². The molecule has 114 valence electrons. The number of para-hydroxylation sites is 1. The number of hydrogen-bond acceptors (Lipinski definition) is 3. The molecule has 0 saturated heterocycles. The molecule has 0 radical (unpaired) electrons. The van der Waals surface area contributed by atoms with Crippen LogP contribution in [0.2, 0.25) is 0 Å². The van der Waals surface area contributed by atoms with E-state index in [1.807, 2.05) is 36.5 Å². The second-order valence-corrected chi connectivity index (χ2v) is 5.47. The monoisotopic (exact) mass is 308 g/mol. The van der Waals surface area contributed by atoms with Gasteiger partial charge in [-0.25, -0.2) is 9.37 Å². The second-order valence-electron chi connectivity index (χ2n) is 5.47. The van der Waals surface area contributed by atoms with E-state index >= 15 is 0 Å². The van der Waals surface area contributed by atoms with Crippen LogP contribution in [0.15, 0.2) is 52.9 Å². The first-order valence-corrected chi connectivity index (χ1v) is 7.44. The third kappa shape index (κ3) is 2.55. The molecule has 0 spiro atoms. The predicted octanol–water partition coefficient (Wildman–Crippen LogP) is 3.22. The molecule has 0 amide bonds. The number of rotatable bonds is 3. The second kappa shape index (κ2) is 5.44. The minimum Gasteiger partial charge on any atom is -0.446 e. The lowest BCUT2D eigenvalue weighted by atomic mass is 10.2. The van der Waals surface area contributed by atoms with Gasteiger partial charge in [0.05, 0.1) is 0 Å². The lowest BCUT2D eigenvalue weighted by molar-refractivity contribution is -0.591. The van der Waals surface area contributed by atoms with Crippen LogP contribution in [0.25, 0.3) is 22.1 Å². The summed E-state index contributed by atoms with van der Waals surface area (Å²) in [6.45, 7) is 2.53. The highest BCUT2D eigenvalue weighted by atomic mass is 19.1. The van der Waals surface area contributed by atoms with Crippen LogP contribution < -0.4 is 5.32 Å². The van der Waals surface area contributed by atoms with E-state index in [0.29, 0.717) is 18.0 Å². The molecule has 0 unspecified atom stereocenters. The third-order valence-corrected chi connectivity index (χ3v) is 3.80. The molecule has 5 heteroatoms. The van der Waals surface area contributed by atoms with Crippen molar-refractivity contribution in [3.63, 3.8) is 0 Å². The zero-order valence-electron chi connectivity index (χ0n) is 12.6. The highest BCUT2D eigenvalue weighted by Gasteiger charge is 2.17. The SMILES string of the molecule is Cc1nc([NH2+]Cc2ccc(F)cc2)c2oc3ccccc3c2n1. The molecule has 4 nitrogen and oxygen atoms in total. The van der Waals surface area contributed by atoms with E-state index in [9.17, 15) is 4.39 Å². The summed E-state index contributed by atoms with van der Waals surface area (Å²) in [5, 5.41) is 2.98. The number of benzene rings is 2. The van der Waals surface area contributed by atoms with Crippen LogP contribution >= 0.6 is 0 Å². The molecule has 0 aliphatic heterocycles. The van der Waals surface area contributed by atoms with Gasteiger partial charge in [-0.1, -0.05) is 24.3 Å². The number of hydrogen-bond donors (Lipinski definition) is 1. The lowest BCUT2D eigenvalue weighted by Crippen LogP contribution is -2.76. The minimum absolute atomic E-state index is 0.230. The topological polar surface area (TPSA) is 55.5 Å². The van der Waals surface area contributed by atoms with Crippen molar-refractivity contribution in [1.82, 2.24) is 9.97 Å². The average molecular weight is 308 g/mol. The molecule has 2 aromatic heterocycles. The van der Waals surface area contributed by atoms with Crippen LogP contribution in [0.1, 0.15) is 11.4 Å². The first kappa shape index (κ1) is 13.8. The van der Waals surface area contributed by atoms with E-state index in [1.54, 1.807) is 12.1 Å². The van der Waals surface area contributed by atoms with Gasteiger partial charge in [0.2, 0.25) is 5.58 Å². The number of nitrogens with two attached hydrogens (primary N) is 1. The quantitative estimate of drug-likeness (QED) is 0.632. The standard InChI is InChI=1S/C18H14FN3O/c1-11-21-16-14-4-2-3-5-15(14)23-17(16)18(22-11)20-10-12-6-8-13(19)9-7-12/h2-9H,10H2,1H3,(H,20,21,22)/p+1. The van der Waals surface area contributed by atoms with Gasteiger partial charge in [0.1, 0.15) is 29.3 Å². The Morgan fingerprint density at radius 3 is 2.65 bits per heavy atom. The smallest absolute Gasteiger partial charge is 0.272 e. The normalized spacial score (nSPS) is 11.4. The first-order chi connectivity index (χ1) is 11.2. The van der Waals surface area contributed by atoms with Gasteiger partial charge in [-0.3, -0.25) is 5.32 Å². The van der Waals surface area contributed by atoms with Gasteiger partial charge in [-0.05, 0) is 31.2 Å². The molecule has 0 fully saturated rings. The summed E-state index contributed by atoms with van der Waals surface area (Å²) in [6.07, 6.45) is 0. The summed E-state index contributed by atoms with van der Waals surface area (Å²) >= 11 is 0. The summed E-state index contributed by atoms with van der Waals surface area (Å²) in [5.41, 5.74) is 3.35. The molecular weight excluding hydrogens is 293 g/mol. The number of halogens is 1. The first-order valence-electron chi connectivity index (χ1n) is 7.44. The van der Waals surface area contributed by atoms with Gasteiger partial charge in [-0.15, -0.1) is 0 Å². The predicted molar refractivity (Wildman–Crippen MR) is 85.7 cm³/mol. The molecule has 0 bridgehead atoms. The number of aryl methyl sites for hydroxylation is 1. The lowest BCUT2D eigenvalue weighted by Gasteiger charge is -2.02. The molecule has 23 heavy (non-hydrogen) atoms. The number of aromatic nitrogens is 2. The maximum atomic E-state index is 13.0. The van der Waals surface area contributed by atoms with Gasteiger partial charge < -0.3 is 4.42 Å². The van der Waals surface area contributed by atoms with E-state index in [4.69, 9.17) is 4.42 Å². The number of nitrogens with zero attached hydrogens (tertiary/aromatic N) is 2. The fourth-order valence-corrected chi connectivity index (χ4v) is 2.70. The Bertz CT molecular complexity index is 992. The minimum atomic E-state index is -0.230. The van der Waals surface area contributed by atoms with Crippen molar-refractivity contribution in [2.24, 2.45) is 0 Å². The van der Waals surface area contributed by atoms with Gasteiger partial charge in [-0.2, -0.15) is 4.98 Å². The highest BCUT2D eigenvalue weighted by molar-refractivity contribution is 6.04. The van der Waals surface area contributed by atoms with Gasteiger partial charge in [0, 0.05) is 10.9 Å². The molecule has 0 aliphatic carbocycles. The van der Waals surface area contributed by atoms with Crippen LogP contribution in [-0.2, 0) is 6.54 Å². The zero-order chi connectivity index (χ0) is 15.8. The van der Waals surface area contributed by atoms with Gasteiger partial charge in [0.15, 0.2) is 0 Å². The maximum Gasteiger partial charge on any atom is 0.272 e. The Hall–Kier alpha value is -2.79. The summed E-state index contributed by atoms with van der Waals surface area (Å²) in [4.78, 5) is 9.01. The molecule has 2 heterocycles. The maximum absolute atomic E-state index is 13.0. The van der Waals surface area contributed by atoms with Crippen molar-refractivity contribution in [1.29, 1.82) is 0 Å². The number of fused-ring (bicyclic) bond motifs is 3. The Kier molecular flexibility index (Phi) is 3.28. The van der Waals surface area contributed by atoms with Crippen LogP contribution in [0.4, 0.5) is 10.2 Å². The summed E-state index contributed by atoms with van der Waals surface area (Å²) in [7, 11) is 0. The Morgan fingerprint density at radius 2 is 1.83 bits per heavy atom. The van der Waals surface area contributed by atoms with Crippen LogP contribution in [0.3, 0.4) is 0 Å². The van der Waals surface area contributed by atoms with Crippen molar-refractivity contribution < 1.29 is 14.1 Å².